The largest absolute Gasteiger partial charge is 0.326 e. The van der Waals surface area contributed by atoms with Crippen molar-refractivity contribution in [3.05, 3.63) is 34.3 Å². The van der Waals surface area contributed by atoms with Gasteiger partial charge >= 0.3 is 0 Å². The van der Waals surface area contributed by atoms with E-state index in [9.17, 15) is 10.1 Å². The van der Waals surface area contributed by atoms with Gasteiger partial charge in [-0.05, 0) is 23.6 Å². The van der Waals surface area contributed by atoms with Crippen molar-refractivity contribution in [2.75, 3.05) is 7.05 Å². The van der Waals surface area contributed by atoms with Crippen LogP contribution in [0.15, 0.2) is 28.7 Å². The van der Waals surface area contributed by atoms with Gasteiger partial charge in [-0.1, -0.05) is 41.9 Å². The first-order chi connectivity index (χ1) is 8.45. The number of nitrogens with zero attached hydrogens (tertiary/aromatic N) is 2. The average Bonchev–Trinajstić information content (AvgIpc) is 2.31. The molecule has 0 saturated heterocycles. The Balaban J connectivity index is 2.87. The first-order valence-corrected chi connectivity index (χ1v) is 6.65. The minimum atomic E-state index is -0.524. The fourth-order valence-electron chi connectivity index (χ4n) is 1.67. The molecule has 1 aromatic rings. The lowest BCUT2D eigenvalue weighted by atomic mass is 10.0. The van der Waals surface area contributed by atoms with Gasteiger partial charge in [0.25, 0.3) is 0 Å². The molecule has 1 atom stereocenters. The molecule has 0 N–H and O–H groups in total. The summed E-state index contributed by atoms with van der Waals surface area (Å²) in [6.45, 7) is 3.99. The van der Waals surface area contributed by atoms with E-state index in [-0.39, 0.29) is 5.91 Å². The normalized spacial score (nSPS) is 12.0. The summed E-state index contributed by atoms with van der Waals surface area (Å²) in [5, 5.41) is 9.25. The molecule has 0 aliphatic heterocycles. The van der Waals surface area contributed by atoms with E-state index in [1.165, 1.54) is 4.90 Å². The van der Waals surface area contributed by atoms with Crippen molar-refractivity contribution >= 4 is 21.8 Å². The first kappa shape index (κ1) is 14.7. The highest BCUT2D eigenvalue weighted by Gasteiger charge is 2.21. The average molecular weight is 309 g/mol. The van der Waals surface area contributed by atoms with Crippen molar-refractivity contribution in [1.29, 1.82) is 5.26 Å². The smallest absolute Gasteiger partial charge is 0.223 e. The third kappa shape index (κ3) is 3.85. The molecule has 1 unspecified atom stereocenters. The molecule has 0 heterocycles. The molecule has 0 aliphatic rings. The molecule has 0 radical (unpaired) electrons. The molecule has 1 aromatic carbocycles. The summed E-state index contributed by atoms with van der Waals surface area (Å²) in [4.78, 5) is 13.5. The van der Waals surface area contributed by atoms with Gasteiger partial charge in [0, 0.05) is 17.9 Å². The maximum Gasteiger partial charge on any atom is 0.223 e. The minimum absolute atomic E-state index is 0.000492. The second-order valence-electron chi connectivity index (χ2n) is 4.69. The summed E-state index contributed by atoms with van der Waals surface area (Å²) < 4.78 is 0.957. The highest BCUT2D eigenvalue weighted by molar-refractivity contribution is 9.10. The molecule has 18 heavy (non-hydrogen) atoms. The van der Waals surface area contributed by atoms with Crippen LogP contribution in [0.4, 0.5) is 0 Å². The first-order valence-electron chi connectivity index (χ1n) is 5.86. The van der Waals surface area contributed by atoms with E-state index in [2.05, 4.69) is 22.0 Å². The zero-order valence-corrected chi connectivity index (χ0v) is 12.4. The molecule has 0 fully saturated rings. The van der Waals surface area contributed by atoms with Gasteiger partial charge in [0.05, 0.1) is 6.07 Å². The number of carbonyl (C=O) groups is 1. The third-order valence-electron chi connectivity index (χ3n) is 2.67. The number of hydrogen-bond donors (Lipinski definition) is 0. The molecule has 4 heteroatoms. The second-order valence-corrected chi connectivity index (χ2v) is 5.60. The van der Waals surface area contributed by atoms with Crippen LogP contribution in [-0.2, 0) is 4.79 Å². The fraction of sp³-hybridized carbons (Fsp3) is 0.429. The van der Waals surface area contributed by atoms with Crippen molar-refractivity contribution in [3.8, 4) is 6.07 Å². The zero-order valence-electron chi connectivity index (χ0n) is 10.9. The van der Waals surface area contributed by atoms with E-state index >= 15 is 0 Å². The number of carbonyl (C=O) groups excluding carboxylic acids is 1. The molecule has 0 aliphatic carbocycles. The molecular weight excluding hydrogens is 292 g/mol. The van der Waals surface area contributed by atoms with E-state index in [1.807, 2.05) is 38.1 Å². The van der Waals surface area contributed by atoms with E-state index in [0.29, 0.717) is 12.3 Å². The van der Waals surface area contributed by atoms with E-state index in [0.717, 1.165) is 10.0 Å². The van der Waals surface area contributed by atoms with Gasteiger partial charge in [0.1, 0.15) is 6.04 Å². The molecule has 96 valence electrons. The van der Waals surface area contributed by atoms with Crippen LogP contribution in [-0.4, -0.2) is 17.9 Å². The molecule has 0 saturated carbocycles. The predicted octanol–water partition coefficient (Wildman–Crippen LogP) is 3.52. The van der Waals surface area contributed by atoms with Crippen LogP contribution >= 0.6 is 15.9 Å². The Labute approximate surface area is 117 Å². The van der Waals surface area contributed by atoms with Gasteiger partial charge in [-0.2, -0.15) is 5.26 Å². The summed E-state index contributed by atoms with van der Waals surface area (Å²) in [7, 11) is 1.68. The van der Waals surface area contributed by atoms with Gasteiger partial charge in [0.15, 0.2) is 0 Å². The molecule has 3 nitrogen and oxygen atoms in total. The Morgan fingerprint density at radius 2 is 1.94 bits per heavy atom. The zero-order chi connectivity index (χ0) is 13.7. The van der Waals surface area contributed by atoms with Crippen LogP contribution in [0, 0.1) is 17.2 Å². The van der Waals surface area contributed by atoms with Crippen molar-refractivity contribution in [1.82, 2.24) is 4.90 Å². The molecule has 1 amide bonds. The number of hydrogen-bond acceptors (Lipinski definition) is 2. The maximum atomic E-state index is 12.0. The molecule has 1 rings (SSSR count). The summed E-state index contributed by atoms with van der Waals surface area (Å²) in [6.07, 6.45) is 0.464. The van der Waals surface area contributed by atoms with Crippen LogP contribution in [0.3, 0.4) is 0 Å². The van der Waals surface area contributed by atoms with Gasteiger partial charge in [0.2, 0.25) is 5.91 Å². The van der Waals surface area contributed by atoms with Crippen LogP contribution in [0.2, 0.25) is 0 Å². The van der Waals surface area contributed by atoms with Crippen molar-refractivity contribution in [2.45, 2.75) is 26.3 Å². The third-order valence-corrected chi connectivity index (χ3v) is 3.20. The Morgan fingerprint density at radius 3 is 2.39 bits per heavy atom. The van der Waals surface area contributed by atoms with Crippen LogP contribution < -0.4 is 0 Å². The lowest BCUT2D eigenvalue weighted by Crippen LogP contribution is -2.31. The summed E-state index contributed by atoms with van der Waals surface area (Å²) in [5.74, 6) is 0.295. The van der Waals surface area contributed by atoms with Crippen LogP contribution in [0.1, 0.15) is 31.9 Å². The summed E-state index contributed by atoms with van der Waals surface area (Å²) in [6, 6.07) is 9.13. The number of halogens is 1. The summed E-state index contributed by atoms with van der Waals surface area (Å²) >= 11 is 3.35. The van der Waals surface area contributed by atoms with Crippen molar-refractivity contribution < 1.29 is 4.79 Å². The molecule has 0 bridgehead atoms. The highest BCUT2D eigenvalue weighted by atomic mass is 79.9. The van der Waals surface area contributed by atoms with E-state index in [4.69, 9.17) is 0 Å². The van der Waals surface area contributed by atoms with Gasteiger partial charge in [-0.25, -0.2) is 0 Å². The molecular formula is C14H17BrN2O. The highest BCUT2D eigenvalue weighted by Crippen LogP contribution is 2.22. The molecule has 0 aromatic heterocycles. The SMILES string of the molecule is CC(C)CC(=O)N(C)C(C#N)c1ccc(Br)cc1. The Morgan fingerprint density at radius 1 is 1.39 bits per heavy atom. The Kier molecular flexibility index (Phi) is 5.36. The number of rotatable bonds is 4. The number of nitriles is 1. The number of amides is 1. The minimum Gasteiger partial charge on any atom is -0.326 e. The monoisotopic (exact) mass is 308 g/mol. The van der Waals surface area contributed by atoms with E-state index < -0.39 is 6.04 Å². The Bertz CT molecular complexity index is 448. The Hall–Kier alpha value is -1.34. The second kappa shape index (κ2) is 6.55. The van der Waals surface area contributed by atoms with Crippen LogP contribution in [0.25, 0.3) is 0 Å². The maximum absolute atomic E-state index is 12.0. The quantitative estimate of drug-likeness (QED) is 0.854. The molecule has 0 spiro atoms. The van der Waals surface area contributed by atoms with Gasteiger partial charge in [-0.3, -0.25) is 4.79 Å². The number of benzene rings is 1. The predicted molar refractivity (Wildman–Crippen MR) is 74.7 cm³/mol. The summed E-state index contributed by atoms with van der Waals surface area (Å²) in [5.41, 5.74) is 0.834. The lowest BCUT2D eigenvalue weighted by Gasteiger charge is -2.24. The lowest BCUT2D eigenvalue weighted by molar-refractivity contribution is -0.131. The topological polar surface area (TPSA) is 44.1 Å². The fourth-order valence-corrected chi connectivity index (χ4v) is 1.93. The van der Waals surface area contributed by atoms with Gasteiger partial charge in [-0.15, -0.1) is 0 Å². The standard InChI is InChI=1S/C14H17BrN2O/c1-10(2)8-14(18)17(3)13(9-16)11-4-6-12(15)7-5-11/h4-7,10,13H,8H2,1-3H3. The van der Waals surface area contributed by atoms with Gasteiger partial charge < -0.3 is 4.90 Å². The van der Waals surface area contributed by atoms with Crippen molar-refractivity contribution in [3.63, 3.8) is 0 Å². The van der Waals surface area contributed by atoms with E-state index in [1.54, 1.807) is 7.05 Å². The van der Waals surface area contributed by atoms with Crippen molar-refractivity contribution in [2.24, 2.45) is 5.92 Å². The van der Waals surface area contributed by atoms with Crippen LogP contribution in [0.5, 0.6) is 0 Å².